The number of rotatable bonds is 4. The van der Waals surface area contributed by atoms with Gasteiger partial charge in [0.2, 0.25) is 0 Å². The Morgan fingerprint density at radius 1 is 1.08 bits per heavy atom. The highest BCUT2D eigenvalue weighted by molar-refractivity contribution is 5.70. The van der Waals surface area contributed by atoms with Gasteiger partial charge in [0.05, 0.1) is 0 Å². The van der Waals surface area contributed by atoms with Gasteiger partial charge in [-0.15, -0.1) is 6.58 Å². The molecule has 0 spiro atoms. The van der Waals surface area contributed by atoms with E-state index >= 15 is 0 Å². The molecule has 0 bridgehead atoms. The normalized spacial score (nSPS) is 20.5. The van der Waals surface area contributed by atoms with Crippen molar-refractivity contribution < 1.29 is 13.2 Å². The maximum Gasteiger partial charge on any atom is 0.166 e. The second-order valence-corrected chi connectivity index (χ2v) is 6.97. The van der Waals surface area contributed by atoms with Crippen molar-refractivity contribution in [2.45, 2.75) is 31.6 Å². The van der Waals surface area contributed by atoms with E-state index in [1.54, 1.807) is 31.2 Å². The van der Waals surface area contributed by atoms with E-state index in [-0.39, 0.29) is 22.9 Å². The first-order valence-corrected chi connectivity index (χ1v) is 8.79. The smallest absolute Gasteiger partial charge is 0.166 e. The number of benzene rings is 2. The lowest BCUT2D eigenvalue weighted by Gasteiger charge is -2.40. The van der Waals surface area contributed by atoms with Crippen molar-refractivity contribution in [2.24, 2.45) is 0 Å². The average molecular weight is 352 g/mol. The molecule has 0 aromatic heterocycles. The summed E-state index contributed by atoms with van der Waals surface area (Å²) in [4.78, 5) is 0. The predicted molar refractivity (Wildman–Crippen MR) is 98.7 cm³/mol. The molecule has 2 aliphatic carbocycles. The molecule has 0 saturated heterocycles. The third-order valence-electron chi connectivity index (χ3n) is 5.41. The van der Waals surface area contributed by atoms with Crippen LogP contribution in [0, 0.1) is 11.6 Å². The van der Waals surface area contributed by atoms with Gasteiger partial charge >= 0.3 is 0 Å². The van der Waals surface area contributed by atoms with E-state index in [0.29, 0.717) is 16.7 Å². The Morgan fingerprint density at radius 2 is 1.81 bits per heavy atom. The minimum absolute atomic E-state index is 0.167. The van der Waals surface area contributed by atoms with Crippen molar-refractivity contribution >= 4 is 0 Å². The van der Waals surface area contributed by atoms with E-state index in [1.165, 1.54) is 0 Å². The van der Waals surface area contributed by atoms with Gasteiger partial charge in [0.25, 0.3) is 0 Å². The van der Waals surface area contributed by atoms with E-state index in [1.807, 2.05) is 24.3 Å². The Morgan fingerprint density at radius 3 is 2.50 bits per heavy atom. The van der Waals surface area contributed by atoms with Gasteiger partial charge in [0.15, 0.2) is 11.6 Å². The van der Waals surface area contributed by atoms with Crippen LogP contribution < -0.4 is 0 Å². The van der Waals surface area contributed by atoms with Crippen LogP contribution in [0.15, 0.2) is 66.5 Å². The number of halogens is 3. The largest absolute Gasteiger partial charge is 0.211 e. The first-order valence-electron chi connectivity index (χ1n) is 8.79. The lowest BCUT2D eigenvalue weighted by Crippen LogP contribution is -2.28. The van der Waals surface area contributed by atoms with E-state index in [9.17, 15) is 13.2 Å². The van der Waals surface area contributed by atoms with Crippen molar-refractivity contribution in [1.82, 2.24) is 0 Å². The zero-order valence-electron chi connectivity index (χ0n) is 14.5. The number of allylic oxidation sites excluding steroid dienone is 5. The van der Waals surface area contributed by atoms with E-state index < -0.39 is 17.6 Å². The molecule has 26 heavy (non-hydrogen) atoms. The van der Waals surface area contributed by atoms with Gasteiger partial charge in [0.1, 0.15) is 5.83 Å². The molecule has 0 aliphatic heterocycles. The minimum atomic E-state index is -0.923. The van der Waals surface area contributed by atoms with Crippen LogP contribution in [0.5, 0.6) is 0 Å². The summed E-state index contributed by atoms with van der Waals surface area (Å²) in [5.74, 6) is -3.08. The van der Waals surface area contributed by atoms with E-state index in [4.69, 9.17) is 0 Å². The van der Waals surface area contributed by atoms with Gasteiger partial charge < -0.3 is 0 Å². The first kappa shape index (κ1) is 16.9. The maximum atomic E-state index is 14.7. The fourth-order valence-corrected chi connectivity index (χ4v) is 3.92. The van der Waals surface area contributed by atoms with Crippen LogP contribution in [0.25, 0.3) is 11.1 Å². The Kier molecular flexibility index (Phi) is 4.10. The fraction of sp³-hybridized carbons (Fsp3) is 0.217. The van der Waals surface area contributed by atoms with Gasteiger partial charge in [0, 0.05) is 23.0 Å². The highest BCUT2D eigenvalue weighted by Gasteiger charge is 2.45. The van der Waals surface area contributed by atoms with Crippen LogP contribution in [0.4, 0.5) is 13.2 Å². The summed E-state index contributed by atoms with van der Waals surface area (Å²) in [6.45, 7) is 5.35. The van der Waals surface area contributed by atoms with Gasteiger partial charge in [-0.2, -0.15) is 0 Å². The molecule has 0 amide bonds. The molecular weight excluding hydrogens is 333 g/mol. The van der Waals surface area contributed by atoms with Crippen molar-refractivity contribution in [3.8, 4) is 11.1 Å². The molecular formula is C23H19F3. The molecule has 0 N–H and O–H groups in total. The summed E-state index contributed by atoms with van der Waals surface area (Å²) < 4.78 is 43.8. The lowest BCUT2D eigenvalue weighted by atomic mass is 9.64. The SMILES string of the molecule is C=CCCc1ccc(-c2cc3c(c(F)c2F)C2C(F)=C(C)C=CC32)cc1. The summed E-state index contributed by atoms with van der Waals surface area (Å²) in [7, 11) is 0. The van der Waals surface area contributed by atoms with Gasteiger partial charge in [-0.25, -0.2) is 13.2 Å². The number of aryl methyl sites for hydroxylation is 1. The zero-order chi connectivity index (χ0) is 18.4. The molecule has 2 aliphatic rings. The summed E-state index contributed by atoms with van der Waals surface area (Å²) in [6.07, 6.45) is 7.18. The van der Waals surface area contributed by atoms with Crippen LogP contribution in [-0.4, -0.2) is 0 Å². The molecule has 0 heterocycles. The molecule has 0 nitrogen and oxygen atoms in total. The molecule has 132 valence electrons. The van der Waals surface area contributed by atoms with E-state index in [2.05, 4.69) is 6.58 Å². The number of hydrogen-bond donors (Lipinski definition) is 0. The second kappa shape index (κ2) is 6.31. The molecule has 2 aromatic rings. The summed E-state index contributed by atoms with van der Waals surface area (Å²) in [5, 5.41) is 0. The van der Waals surface area contributed by atoms with E-state index in [0.717, 1.165) is 18.4 Å². The van der Waals surface area contributed by atoms with Gasteiger partial charge in [-0.05, 0) is 48.1 Å². The monoisotopic (exact) mass is 352 g/mol. The predicted octanol–water partition coefficient (Wildman–Crippen LogP) is 6.74. The highest BCUT2D eigenvalue weighted by Crippen LogP contribution is 2.56. The first-order chi connectivity index (χ1) is 12.5. The standard InChI is InChI=1S/C23H19F3/c1-3-4-5-14-7-9-15(10-8-14)17-12-18-16-11-6-13(2)21(24)19(16)20(18)23(26)22(17)25/h3,6-12,16,19H,1,4-5H2,2H3. The number of hydrogen-bond acceptors (Lipinski definition) is 0. The number of fused-ring (bicyclic) bond motifs is 4. The molecule has 0 saturated carbocycles. The van der Waals surface area contributed by atoms with Crippen LogP contribution >= 0.6 is 0 Å². The third kappa shape index (κ3) is 2.45. The molecule has 0 fully saturated rings. The Balaban J connectivity index is 1.75. The van der Waals surface area contributed by atoms with Crippen LogP contribution in [-0.2, 0) is 6.42 Å². The summed E-state index contributed by atoms with van der Waals surface area (Å²) >= 11 is 0. The van der Waals surface area contributed by atoms with Crippen LogP contribution in [0.1, 0.15) is 41.9 Å². The Labute approximate surface area is 151 Å². The van der Waals surface area contributed by atoms with Gasteiger partial charge in [-0.1, -0.05) is 42.5 Å². The Hall–Kier alpha value is -2.55. The van der Waals surface area contributed by atoms with Crippen molar-refractivity contribution in [2.75, 3.05) is 0 Å². The molecule has 2 unspecified atom stereocenters. The molecule has 0 radical (unpaired) electrons. The average Bonchev–Trinajstić information content (AvgIpc) is 2.63. The maximum absolute atomic E-state index is 14.7. The van der Waals surface area contributed by atoms with Crippen molar-refractivity contribution in [3.05, 3.63) is 94.9 Å². The Bertz CT molecular complexity index is 948. The third-order valence-corrected chi connectivity index (χ3v) is 5.41. The molecule has 3 heteroatoms. The topological polar surface area (TPSA) is 0 Å². The molecule has 4 rings (SSSR count). The lowest BCUT2D eigenvalue weighted by molar-refractivity contribution is 0.420. The van der Waals surface area contributed by atoms with Crippen LogP contribution in [0.3, 0.4) is 0 Å². The summed E-state index contributed by atoms with van der Waals surface area (Å²) in [6, 6.07) is 9.13. The molecule has 2 aromatic carbocycles. The van der Waals surface area contributed by atoms with Crippen LogP contribution in [0.2, 0.25) is 0 Å². The summed E-state index contributed by atoms with van der Waals surface area (Å²) in [5.41, 5.74) is 3.31. The van der Waals surface area contributed by atoms with Crippen molar-refractivity contribution in [1.29, 1.82) is 0 Å². The minimum Gasteiger partial charge on any atom is -0.211 e. The second-order valence-electron chi connectivity index (χ2n) is 6.97. The van der Waals surface area contributed by atoms with Gasteiger partial charge in [-0.3, -0.25) is 0 Å². The van der Waals surface area contributed by atoms with Crippen molar-refractivity contribution in [3.63, 3.8) is 0 Å². The fourth-order valence-electron chi connectivity index (χ4n) is 3.92. The highest BCUT2D eigenvalue weighted by atomic mass is 19.2. The molecule has 2 atom stereocenters. The zero-order valence-corrected chi connectivity index (χ0v) is 14.5. The quantitative estimate of drug-likeness (QED) is 0.534.